The molecule has 0 spiro atoms. The fourth-order valence-corrected chi connectivity index (χ4v) is 3.09. The van der Waals surface area contributed by atoms with Gasteiger partial charge in [-0.3, -0.25) is 0 Å². The number of aryl methyl sites for hydroxylation is 1. The highest BCUT2D eigenvalue weighted by atomic mass is 32.1. The largest absolute Gasteiger partial charge is 0.316 e. The normalized spacial score (nSPS) is 20.6. The summed E-state index contributed by atoms with van der Waals surface area (Å²) in [4.78, 5) is 4.47. The van der Waals surface area contributed by atoms with Crippen molar-refractivity contribution >= 4 is 11.3 Å². The Balaban J connectivity index is 1.51. The second-order valence-corrected chi connectivity index (χ2v) is 5.83. The van der Waals surface area contributed by atoms with E-state index in [1.165, 1.54) is 37.4 Å². The van der Waals surface area contributed by atoms with Gasteiger partial charge in [0, 0.05) is 24.0 Å². The van der Waals surface area contributed by atoms with Crippen molar-refractivity contribution in [2.45, 2.75) is 32.6 Å². The molecule has 1 atom stereocenters. The first kappa shape index (κ1) is 13.0. The van der Waals surface area contributed by atoms with Gasteiger partial charge in [-0.25, -0.2) is 4.98 Å². The Morgan fingerprint density at radius 2 is 2.47 bits per heavy atom. The summed E-state index contributed by atoms with van der Waals surface area (Å²) in [5.41, 5.74) is 1.15. The van der Waals surface area contributed by atoms with Crippen LogP contribution in [0.25, 0.3) is 0 Å². The van der Waals surface area contributed by atoms with Gasteiger partial charge in [-0.1, -0.05) is 0 Å². The van der Waals surface area contributed by atoms with Gasteiger partial charge in [0.1, 0.15) is 0 Å². The first-order chi connectivity index (χ1) is 8.34. The average Bonchev–Trinajstić information content (AvgIpc) is 2.76. The topological polar surface area (TPSA) is 37.0 Å². The first-order valence-electron chi connectivity index (χ1n) is 6.67. The van der Waals surface area contributed by atoms with Crippen LogP contribution < -0.4 is 10.6 Å². The minimum Gasteiger partial charge on any atom is -0.316 e. The zero-order chi connectivity index (χ0) is 11.9. The van der Waals surface area contributed by atoms with Crippen molar-refractivity contribution in [3.63, 3.8) is 0 Å². The van der Waals surface area contributed by atoms with Crippen LogP contribution in [0.1, 0.15) is 30.0 Å². The molecule has 1 unspecified atom stereocenters. The van der Waals surface area contributed by atoms with Crippen LogP contribution in [0, 0.1) is 12.8 Å². The van der Waals surface area contributed by atoms with Crippen LogP contribution in [-0.4, -0.2) is 31.2 Å². The highest BCUT2D eigenvalue weighted by Crippen LogP contribution is 2.13. The lowest BCUT2D eigenvalue weighted by molar-refractivity contribution is 0.352. The van der Waals surface area contributed by atoms with Crippen molar-refractivity contribution < 1.29 is 0 Å². The quantitative estimate of drug-likeness (QED) is 0.761. The number of piperidine rings is 1. The summed E-state index contributed by atoms with van der Waals surface area (Å²) >= 11 is 1.77. The van der Waals surface area contributed by atoms with Crippen molar-refractivity contribution in [2.75, 3.05) is 26.2 Å². The zero-order valence-electron chi connectivity index (χ0n) is 10.7. The van der Waals surface area contributed by atoms with Crippen molar-refractivity contribution in [2.24, 2.45) is 5.92 Å². The highest BCUT2D eigenvalue weighted by molar-refractivity contribution is 7.09. The van der Waals surface area contributed by atoms with Gasteiger partial charge >= 0.3 is 0 Å². The van der Waals surface area contributed by atoms with Crippen molar-refractivity contribution in [1.29, 1.82) is 0 Å². The molecule has 0 aromatic carbocycles. The molecule has 1 aromatic rings. The van der Waals surface area contributed by atoms with Crippen molar-refractivity contribution in [3.05, 3.63) is 16.1 Å². The fourth-order valence-electron chi connectivity index (χ4n) is 2.31. The summed E-state index contributed by atoms with van der Waals surface area (Å²) in [6.45, 7) is 6.70. The summed E-state index contributed by atoms with van der Waals surface area (Å²) < 4.78 is 0. The molecule has 0 saturated carbocycles. The molecule has 2 heterocycles. The van der Waals surface area contributed by atoms with E-state index < -0.39 is 0 Å². The summed E-state index contributed by atoms with van der Waals surface area (Å²) in [7, 11) is 0. The van der Waals surface area contributed by atoms with E-state index in [9.17, 15) is 0 Å². The minimum atomic E-state index is 0.887. The number of hydrogen-bond acceptors (Lipinski definition) is 4. The van der Waals surface area contributed by atoms with Crippen LogP contribution in [0.4, 0.5) is 0 Å². The van der Waals surface area contributed by atoms with Gasteiger partial charge < -0.3 is 10.6 Å². The van der Waals surface area contributed by atoms with Gasteiger partial charge in [0.2, 0.25) is 0 Å². The first-order valence-corrected chi connectivity index (χ1v) is 7.55. The molecule has 1 fully saturated rings. The van der Waals surface area contributed by atoms with Crippen LogP contribution in [0.5, 0.6) is 0 Å². The molecule has 1 aliphatic heterocycles. The number of thiazole rings is 1. The lowest BCUT2D eigenvalue weighted by atomic mass is 9.96. The minimum absolute atomic E-state index is 0.887. The van der Waals surface area contributed by atoms with Gasteiger partial charge in [0.05, 0.1) is 5.01 Å². The third-order valence-electron chi connectivity index (χ3n) is 3.31. The Morgan fingerprint density at radius 3 is 3.18 bits per heavy atom. The van der Waals surface area contributed by atoms with Crippen LogP contribution in [0.15, 0.2) is 5.38 Å². The van der Waals surface area contributed by atoms with E-state index in [1.807, 2.05) is 0 Å². The van der Waals surface area contributed by atoms with E-state index >= 15 is 0 Å². The predicted octanol–water partition coefficient (Wildman–Crippen LogP) is 1.97. The maximum atomic E-state index is 4.47. The van der Waals surface area contributed by atoms with Crippen LogP contribution in [0.2, 0.25) is 0 Å². The van der Waals surface area contributed by atoms with Gasteiger partial charge in [0.25, 0.3) is 0 Å². The van der Waals surface area contributed by atoms with E-state index in [4.69, 9.17) is 0 Å². The van der Waals surface area contributed by atoms with E-state index in [0.717, 1.165) is 31.1 Å². The van der Waals surface area contributed by atoms with Crippen LogP contribution in [0.3, 0.4) is 0 Å². The third kappa shape index (κ3) is 4.74. The lowest BCUT2D eigenvalue weighted by Crippen LogP contribution is -2.32. The standard InChI is InChI=1S/C13H23N3S/c1-11-10-17-13(16-11)5-8-14-7-4-12-3-2-6-15-9-12/h10,12,14-15H,2-9H2,1H3. The van der Waals surface area contributed by atoms with Gasteiger partial charge in [0.15, 0.2) is 0 Å². The van der Waals surface area contributed by atoms with Crippen molar-refractivity contribution in [1.82, 2.24) is 15.6 Å². The molecule has 0 radical (unpaired) electrons. The molecule has 3 nitrogen and oxygen atoms in total. The van der Waals surface area contributed by atoms with E-state index in [1.54, 1.807) is 11.3 Å². The molecule has 0 bridgehead atoms. The van der Waals surface area contributed by atoms with Crippen LogP contribution in [-0.2, 0) is 6.42 Å². The Bertz CT molecular complexity index is 318. The fraction of sp³-hybridized carbons (Fsp3) is 0.769. The molecule has 0 aliphatic carbocycles. The molecule has 2 N–H and O–H groups in total. The zero-order valence-corrected chi connectivity index (χ0v) is 11.5. The third-order valence-corrected chi connectivity index (χ3v) is 4.34. The maximum Gasteiger partial charge on any atom is 0.0940 e. The van der Waals surface area contributed by atoms with Gasteiger partial charge in [-0.05, 0) is 51.7 Å². The Kier molecular flexibility index (Phi) is 5.42. The highest BCUT2D eigenvalue weighted by Gasteiger charge is 2.11. The molecule has 4 heteroatoms. The van der Waals surface area contributed by atoms with E-state index in [2.05, 4.69) is 27.9 Å². The lowest BCUT2D eigenvalue weighted by Gasteiger charge is -2.22. The second-order valence-electron chi connectivity index (χ2n) is 4.88. The summed E-state index contributed by atoms with van der Waals surface area (Å²) in [6, 6.07) is 0. The molecule has 1 saturated heterocycles. The van der Waals surface area contributed by atoms with Crippen LogP contribution >= 0.6 is 11.3 Å². The van der Waals surface area contributed by atoms with Gasteiger partial charge in [-0.15, -0.1) is 11.3 Å². The maximum absolute atomic E-state index is 4.47. The number of hydrogen-bond donors (Lipinski definition) is 2. The molecule has 2 rings (SSSR count). The molecule has 0 amide bonds. The monoisotopic (exact) mass is 253 g/mol. The number of aromatic nitrogens is 1. The SMILES string of the molecule is Cc1csc(CCNCCC2CCCNC2)n1. The number of rotatable bonds is 6. The molecular weight excluding hydrogens is 230 g/mol. The van der Waals surface area contributed by atoms with E-state index in [-0.39, 0.29) is 0 Å². The number of nitrogens with one attached hydrogen (secondary N) is 2. The predicted molar refractivity (Wildman–Crippen MR) is 73.6 cm³/mol. The summed E-state index contributed by atoms with van der Waals surface area (Å²) in [6.07, 6.45) is 5.13. The van der Waals surface area contributed by atoms with E-state index in [0.29, 0.717) is 0 Å². The Morgan fingerprint density at radius 1 is 1.53 bits per heavy atom. The average molecular weight is 253 g/mol. The molecule has 17 heavy (non-hydrogen) atoms. The summed E-state index contributed by atoms with van der Waals surface area (Å²) in [5, 5.41) is 10.4. The Hall–Kier alpha value is -0.450. The molecule has 1 aliphatic rings. The smallest absolute Gasteiger partial charge is 0.0940 e. The Labute approximate surface area is 108 Å². The molecule has 96 valence electrons. The molecule has 1 aromatic heterocycles. The molecular formula is C13H23N3S. The number of nitrogens with zero attached hydrogens (tertiary/aromatic N) is 1. The van der Waals surface area contributed by atoms with Crippen molar-refractivity contribution in [3.8, 4) is 0 Å². The summed E-state index contributed by atoms with van der Waals surface area (Å²) in [5.74, 6) is 0.887. The second kappa shape index (κ2) is 7.09. The van der Waals surface area contributed by atoms with Gasteiger partial charge in [-0.2, -0.15) is 0 Å².